The van der Waals surface area contributed by atoms with E-state index in [-0.39, 0.29) is 11.6 Å². The van der Waals surface area contributed by atoms with E-state index in [0.29, 0.717) is 11.5 Å². The van der Waals surface area contributed by atoms with Gasteiger partial charge in [0.15, 0.2) is 5.03 Å². The monoisotopic (exact) mass is 267 g/mol. The highest BCUT2D eigenvalue weighted by Gasteiger charge is 2.16. The van der Waals surface area contributed by atoms with Gasteiger partial charge < -0.3 is 4.98 Å². The lowest BCUT2D eigenvalue weighted by Crippen LogP contribution is -2.24. The summed E-state index contributed by atoms with van der Waals surface area (Å²) in [4.78, 5) is 14.6. The third-order valence-corrected chi connectivity index (χ3v) is 3.56. The van der Waals surface area contributed by atoms with Crippen LogP contribution in [0.25, 0.3) is 0 Å². The Labute approximate surface area is 105 Å². The van der Waals surface area contributed by atoms with Gasteiger partial charge in [0.2, 0.25) is 0 Å². The van der Waals surface area contributed by atoms with Crippen LogP contribution in [0.3, 0.4) is 0 Å². The second-order valence-electron chi connectivity index (χ2n) is 3.81. The maximum absolute atomic E-state index is 11.9. The molecule has 0 aliphatic heterocycles. The average Bonchev–Trinajstić information content (AvgIpc) is 2.76. The van der Waals surface area contributed by atoms with E-state index in [1.54, 1.807) is 13.1 Å². The molecule has 7 nitrogen and oxygen atoms in total. The fraction of sp³-hybridized carbons (Fsp3) is 0.300. The van der Waals surface area contributed by atoms with Crippen molar-refractivity contribution in [2.45, 2.75) is 25.4 Å². The second-order valence-corrected chi connectivity index (χ2v) is 5.54. The molecular weight excluding hydrogens is 254 g/mol. The predicted molar refractivity (Wildman–Crippen MR) is 64.1 cm³/mol. The first kappa shape index (κ1) is 12.7. The van der Waals surface area contributed by atoms with E-state index in [1.807, 2.05) is 6.92 Å². The molecular formula is C10H13N5O2S. The maximum Gasteiger partial charge on any atom is 0.257 e. The Kier molecular flexibility index (Phi) is 3.39. The summed E-state index contributed by atoms with van der Waals surface area (Å²) >= 11 is 0. The Balaban J connectivity index is 2.08. The number of nitrogens with zero attached hydrogens (tertiary/aromatic N) is 3. The Hall–Kier alpha value is -1.80. The highest BCUT2D eigenvalue weighted by Crippen LogP contribution is 2.05. The van der Waals surface area contributed by atoms with E-state index in [2.05, 4.69) is 24.7 Å². The lowest BCUT2D eigenvalue weighted by molar-refractivity contribution is 0.577. The molecule has 2 aromatic rings. The maximum atomic E-state index is 11.9. The summed E-state index contributed by atoms with van der Waals surface area (Å²) in [5.41, 5.74) is 1.34. The number of nitrogens with one attached hydrogen (secondary N) is 2. The van der Waals surface area contributed by atoms with E-state index >= 15 is 0 Å². The smallest absolute Gasteiger partial charge is 0.257 e. The zero-order valence-corrected chi connectivity index (χ0v) is 10.8. The molecule has 18 heavy (non-hydrogen) atoms. The van der Waals surface area contributed by atoms with Crippen LogP contribution in [-0.4, -0.2) is 28.4 Å². The molecule has 2 aromatic heterocycles. The number of imidazole rings is 1. The van der Waals surface area contributed by atoms with Gasteiger partial charge in [-0.05, 0) is 13.8 Å². The van der Waals surface area contributed by atoms with E-state index in [4.69, 9.17) is 0 Å². The van der Waals surface area contributed by atoms with Crippen LogP contribution in [0, 0.1) is 13.8 Å². The van der Waals surface area contributed by atoms with Crippen LogP contribution < -0.4 is 4.72 Å². The second kappa shape index (κ2) is 4.83. The summed E-state index contributed by atoms with van der Waals surface area (Å²) in [6.45, 7) is 3.59. The summed E-state index contributed by atoms with van der Waals surface area (Å²) in [7, 11) is -3.58. The number of hydrogen-bond donors (Lipinski definition) is 2. The third-order valence-electron chi connectivity index (χ3n) is 2.25. The highest BCUT2D eigenvalue weighted by atomic mass is 32.2. The van der Waals surface area contributed by atoms with Crippen molar-refractivity contribution in [2.75, 3.05) is 0 Å². The van der Waals surface area contributed by atoms with Crippen molar-refractivity contribution >= 4 is 10.0 Å². The third kappa shape index (κ3) is 2.90. The molecule has 0 spiro atoms. The van der Waals surface area contributed by atoms with Gasteiger partial charge in [-0.2, -0.15) is 0 Å². The normalized spacial score (nSPS) is 11.7. The van der Waals surface area contributed by atoms with Crippen LogP contribution >= 0.6 is 0 Å². The van der Waals surface area contributed by atoms with Crippen LogP contribution in [0.5, 0.6) is 0 Å². The topological polar surface area (TPSA) is 101 Å². The molecule has 0 saturated carbocycles. The molecule has 8 heteroatoms. The van der Waals surface area contributed by atoms with E-state index in [9.17, 15) is 8.42 Å². The Bertz CT molecular complexity index is 633. The molecule has 0 bridgehead atoms. The fourth-order valence-electron chi connectivity index (χ4n) is 1.29. The molecule has 0 aliphatic carbocycles. The summed E-state index contributed by atoms with van der Waals surface area (Å²) < 4.78 is 26.1. The first-order chi connectivity index (χ1) is 8.47. The molecule has 0 unspecified atom stereocenters. The molecule has 0 atom stereocenters. The first-order valence-corrected chi connectivity index (χ1v) is 6.74. The zero-order valence-electron chi connectivity index (χ0n) is 10.0. The van der Waals surface area contributed by atoms with Crippen molar-refractivity contribution in [3.8, 4) is 0 Å². The number of aromatic nitrogens is 4. The summed E-state index contributed by atoms with van der Waals surface area (Å²) in [6, 6.07) is 0. The molecule has 0 saturated heterocycles. The number of rotatable bonds is 4. The standard InChI is InChI=1S/C10H13N5O2S/c1-7-3-13-9(4-11-7)5-14-18(16,17)10-6-12-8(2)15-10/h3-4,6,14H,5H2,1-2H3,(H,12,15). The zero-order chi connectivity index (χ0) is 13.2. The molecule has 2 rings (SSSR count). The number of aromatic amines is 1. The van der Waals surface area contributed by atoms with Crippen molar-refractivity contribution in [2.24, 2.45) is 0 Å². The lowest BCUT2D eigenvalue weighted by Gasteiger charge is -2.04. The largest absolute Gasteiger partial charge is 0.332 e. The van der Waals surface area contributed by atoms with Gasteiger partial charge in [-0.25, -0.2) is 18.1 Å². The van der Waals surface area contributed by atoms with Gasteiger partial charge >= 0.3 is 0 Å². The number of aryl methyl sites for hydroxylation is 2. The van der Waals surface area contributed by atoms with Gasteiger partial charge in [-0.1, -0.05) is 0 Å². The van der Waals surface area contributed by atoms with Crippen LogP contribution in [0.15, 0.2) is 23.6 Å². The van der Waals surface area contributed by atoms with Gasteiger partial charge in [-0.15, -0.1) is 0 Å². The van der Waals surface area contributed by atoms with Crippen LogP contribution in [0.2, 0.25) is 0 Å². The lowest BCUT2D eigenvalue weighted by atomic mass is 10.4. The number of H-pyrrole nitrogens is 1. The molecule has 2 N–H and O–H groups in total. The molecule has 0 fully saturated rings. The molecule has 0 amide bonds. The SMILES string of the molecule is Cc1cnc(CNS(=O)(=O)c2cnc(C)[nH]2)cn1. The minimum atomic E-state index is -3.58. The van der Waals surface area contributed by atoms with Crippen LogP contribution in [-0.2, 0) is 16.6 Å². The van der Waals surface area contributed by atoms with Crippen molar-refractivity contribution < 1.29 is 8.42 Å². The number of hydrogen-bond acceptors (Lipinski definition) is 5. The highest BCUT2D eigenvalue weighted by molar-refractivity contribution is 7.89. The summed E-state index contributed by atoms with van der Waals surface area (Å²) in [5.74, 6) is 0.547. The Morgan fingerprint density at radius 2 is 1.94 bits per heavy atom. The minimum Gasteiger partial charge on any atom is -0.332 e. The predicted octanol–water partition coefficient (Wildman–Crippen LogP) is 0.295. The summed E-state index contributed by atoms with van der Waals surface area (Å²) in [6.07, 6.45) is 4.40. The van der Waals surface area contributed by atoms with Crippen molar-refractivity contribution in [3.05, 3.63) is 35.8 Å². The van der Waals surface area contributed by atoms with Crippen LogP contribution in [0.1, 0.15) is 17.2 Å². The van der Waals surface area contributed by atoms with Gasteiger partial charge in [0, 0.05) is 6.20 Å². The quantitative estimate of drug-likeness (QED) is 0.829. The van der Waals surface area contributed by atoms with Crippen molar-refractivity contribution in [1.29, 1.82) is 0 Å². The number of sulfonamides is 1. The molecule has 0 aromatic carbocycles. The molecule has 96 valence electrons. The van der Waals surface area contributed by atoms with E-state index in [0.717, 1.165) is 5.69 Å². The van der Waals surface area contributed by atoms with Gasteiger partial charge in [0.1, 0.15) is 5.82 Å². The Morgan fingerprint density at radius 1 is 1.17 bits per heavy atom. The molecule has 0 aliphatic rings. The van der Waals surface area contributed by atoms with Crippen molar-refractivity contribution in [3.63, 3.8) is 0 Å². The van der Waals surface area contributed by atoms with Crippen molar-refractivity contribution in [1.82, 2.24) is 24.7 Å². The van der Waals surface area contributed by atoms with Gasteiger partial charge in [-0.3, -0.25) is 9.97 Å². The fourth-order valence-corrected chi connectivity index (χ4v) is 2.26. The first-order valence-electron chi connectivity index (χ1n) is 5.26. The van der Waals surface area contributed by atoms with Crippen LogP contribution in [0.4, 0.5) is 0 Å². The summed E-state index contributed by atoms with van der Waals surface area (Å²) in [5, 5.41) is 0.0417. The van der Waals surface area contributed by atoms with Gasteiger partial charge in [0.25, 0.3) is 10.0 Å². The molecule has 2 heterocycles. The molecule has 0 radical (unpaired) electrons. The average molecular weight is 267 g/mol. The van der Waals surface area contributed by atoms with E-state index < -0.39 is 10.0 Å². The Morgan fingerprint density at radius 3 is 2.50 bits per heavy atom. The van der Waals surface area contributed by atoms with E-state index in [1.165, 1.54) is 12.4 Å². The van der Waals surface area contributed by atoms with Gasteiger partial charge in [0.05, 0.1) is 30.3 Å². The minimum absolute atomic E-state index is 0.0417.